The molecule has 4 aromatic carbocycles. The molecule has 0 spiro atoms. The first kappa shape index (κ1) is 70.9. The number of amides is 13. The van der Waals surface area contributed by atoms with E-state index in [1.807, 2.05) is 19.1 Å². The quantitative estimate of drug-likeness (QED) is 0.0115. The molecule has 30 nitrogen and oxygen atoms in total. The highest BCUT2D eigenvalue weighted by Gasteiger charge is 2.37. The zero-order valence-corrected chi connectivity index (χ0v) is 54.0. The van der Waals surface area contributed by atoms with E-state index in [4.69, 9.17) is 47.7 Å². The number of alkyl carbamates (subject to hydrolysis) is 1. The van der Waals surface area contributed by atoms with Gasteiger partial charge in [-0.05, 0) is 103 Å². The molecule has 96 heavy (non-hydrogen) atoms. The van der Waals surface area contributed by atoms with Gasteiger partial charge in [-0.1, -0.05) is 44.2 Å². The smallest absolute Gasteiger partial charge is 0.415 e. The number of aromatic amines is 1. The van der Waals surface area contributed by atoms with Gasteiger partial charge in [-0.25, -0.2) is 29.0 Å². The lowest BCUT2D eigenvalue weighted by atomic mass is 9.92. The van der Waals surface area contributed by atoms with Gasteiger partial charge < -0.3 is 87.7 Å². The van der Waals surface area contributed by atoms with Gasteiger partial charge in [-0.2, -0.15) is 0 Å². The van der Waals surface area contributed by atoms with E-state index in [0.29, 0.717) is 50.3 Å². The number of ether oxygens (including phenoxy) is 4. The van der Waals surface area contributed by atoms with Gasteiger partial charge in [-0.15, -0.1) is 11.6 Å². The Morgan fingerprint density at radius 3 is 2.18 bits per heavy atom. The molecule has 0 saturated carbocycles. The molecule has 2 aliphatic heterocycles. The number of hydrogen-bond donors (Lipinski definition) is 10. The molecule has 0 radical (unpaired) electrons. The van der Waals surface area contributed by atoms with Crippen molar-refractivity contribution in [1.82, 2.24) is 45.9 Å². The van der Waals surface area contributed by atoms with Crippen LogP contribution >= 0.6 is 11.6 Å². The number of urea groups is 2. The normalized spacial score (nSPS) is 13.8. The van der Waals surface area contributed by atoms with E-state index in [2.05, 4.69) is 41.9 Å². The lowest BCUT2D eigenvalue weighted by Gasteiger charge is -2.26. The van der Waals surface area contributed by atoms with Crippen LogP contribution in [0.15, 0.2) is 103 Å². The number of carbonyl (C=O) groups excluding carboxylic acids is 11. The average Bonchev–Trinajstić information content (AvgIpc) is 1.54. The number of anilines is 4. The molecule has 0 saturated heterocycles. The summed E-state index contributed by atoms with van der Waals surface area (Å²) in [6, 6.07) is 19.4. The van der Waals surface area contributed by atoms with Crippen LogP contribution in [0.1, 0.15) is 76.6 Å². The lowest BCUT2D eigenvalue weighted by molar-refractivity contribution is -0.137. The van der Waals surface area contributed by atoms with Gasteiger partial charge in [0.15, 0.2) is 0 Å². The molecule has 4 heterocycles. The summed E-state index contributed by atoms with van der Waals surface area (Å²) in [6.45, 7) is 5.13. The van der Waals surface area contributed by atoms with Crippen LogP contribution in [0.3, 0.4) is 0 Å². The summed E-state index contributed by atoms with van der Waals surface area (Å²) in [6.07, 6.45) is 1.79. The van der Waals surface area contributed by atoms with Crippen molar-refractivity contribution in [2.75, 3.05) is 99.8 Å². The van der Waals surface area contributed by atoms with Crippen molar-refractivity contribution in [3.05, 3.63) is 131 Å². The van der Waals surface area contributed by atoms with Crippen molar-refractivity contribution < 1.29 is 71.7 Å². The Labute approximate surface area is 556 Å². The highest BCUT2D eigenvalue weighted by Crippen LogP contribution is 2.47. The van der Waals surface area contributed by atoms with E-state index in [9.17, 15) is 52.7 Å². The Morgan fingerprint density at radius 1 is 0.781 bits per heavy atom. The third-order valence-electron chi connectivity index (χ3n) is 15.6. The highest BCUT2D eigenvalue weighted by atomic mass is 35.5. The van der Waals surface area contributed by atoms with Crippen LogP contribution in [-0.4, -0.2) is 181 Å². The second-order valence-corrected chi connectivity index (χ2v) is 23.2. The summed E-state index contributed by atoms with van der Waals surface area (Å²) in [5, 5.41) is 17.6. The molecular formula is C65H76ClN15O15. The van der Waals surface area contributed by atoms with Crippen molar-refractivity contribution in [3.8, 4) is 5.75 Å². The molecule has 6 aromatic rings. The molecule has 3 atom stereocenters. The van der Waals surface area contributed by atoms with Gasteiger partial charge in [0.05, 0.1) is 37.3 Å². The fourth-order valence-corrected chi connectivity index (χ4v) is 10.8. The van der Waals surface area contributed by atoms with Gasteiger partial charge in [0.25, 0.3) is 23.6 Å². The van der Waals surface area contributed by atoms with E-state index in [-0.39, 0.29) is 121 Å². The van der Waals surface area contributed by atoms with Crippen molar-refractivity contribution in [2.24, 2.45) is 17.4 Å². The Hall–Kier alpha value is -11.0. The van der Waals surface area contributed by atoms with Crippen LogP contribution in [0.4, 0.5) is 46.7 Å². The Bertz CT molecular complexity index is 3900. The third kappa shape index (κ3) is 18.9. The SMILES string of the molecule is Cc1cccc2c(OC(=O)N(CCCNC(N)=O)CCN(C)C(=O)OCc3ccc(NC(=O)[C@H](CCCNC(N)=O)NC(=O)[C@@H](NC(=O)OCCOCCN4C(=O)C=CC4=O)C(C)C)cc3)cc3c(c12)C(CCl)CN3C(=O)c1cc2cc(NC(=O)c3ccc(N)cc3)cnc2[nH]1. The van der Waals surface area contributed by atoms with Gasteiger partial charge >= 0.3 is 30.3 Å². The maximum Gasteiger partial charge on any atom is 0.415 e. The molecule has 2 aliphatic rings. The number of fused-ring (bicyclic) bond motifs is 4. The number of hydrogen-bond acceptors (Lipinski definition) is 17. The summed E-state index contributed by atoms with van der Waals surface area (Å²) >= 11 is 6.66. The molecule has 0 aliphatic carbocycles. The summed E-state index contributed by atoms with van der Waals surface area (Å²) in [7, 11) is 1.48. The number of pyridine rings is 1. The lowest BCUT2D eigenvalue weighted by Crippen LogP contribution is -2.54. The molecule has 508 valence electrons. The van der Waals surface area contributed by atoms with Crippen LogP contribution in [0, 0.1) is 12.8 Å². The predicted octanol–water partition coefficient (Wildman–Crippen LogP) is 5.53. The van der Waals surface area contributed by atoms with E-state index >= 15 is 0 Å². The molecule has 8 rings (SSSR count). The maximum absolute atomic E-state index is 14.6. The summed E-state index contributed by atoms with van der Waals surface area (Å²) in [5.74, 6) is -3.53. The Morgan fingerprint density at radius 2 is 1.49 bits per heavy atom. The molecule has 2 aromatic heterocycles. The number of nitrogen functional groups attached to an aromatic ring is 1. The number of carbonyl (C=O) groups is 11. The highest BCUT2D eigenvalue weighted by molar-refractivity contribution is 6.20. The van der Waals surface area contributed by atoms with Crippen molar-refractivity contribution in [3.63, 3.8) is 0 Å². The van der Waals surface area contributed by atoms with Crippen molar-refractivity contribution in [2.45, 2.75) is 64.6 Å². The number of rotatable bonds is 30. The van der Waals surface area contributed by atoms with Crippen molar-refractivity contribution in [1.29, 1.82) is 0 Å². The maximum atomic E-state index is 14.6. The summed E-state index contributed by atoms with van der Waals surface area (Å²) in [4.78, 5) is 155. The van der Waals surface area contributed by atoms with Crippen LogP contribution in [0.5, 0.6) is 5.75 Å². The van der Waals surface area contributed by atoms with Crippen LogP contribution in [-0.2, 0) is 40.0 Å². The standard InChI is InChI=1S/C65H76ClN15O15/c1-37(2)55(77-63(90)94-29-28-93-27-26-80-51(82)19-20-52(80)83)59(86)76-47(10-6-21-70-61(68)88)58(85)73-44-17-11-39(12-18-44)36-95-64(91)78(4)24-25-79(23-7-22-71-62(69)89)65(92)96-50-32-49-54(53-38(3)8-5-9-46(50)53)42(33-66)35-81(49)60(87)48-31-41-30-45(34-72-56(41)75-48)74-57(84)40-13-15-43(67)16-14-40/h5,8-9,11-20,30-32,34,37,42,47,55H,6-7,10,21-29,33,35-36,67H2,1-4H3,(H,72,75)(H,73,85)(H,74,84)(H,76,86)(H,77,90)(H3,68,70,88)(H3,69,71,89)/t42?,47-,55-/m0/s1. The second-order valence-electron chi connectivity index (χ2n) is 22.9. The largest absolute Gasteiger partial charge is 0.447 e. The molecule has 31 heteroatoms. The summed E-state index contributed by atoms with van der Waals surface area (Å²) in [5.41, 5.74) is 21.2. The zero-order chi connectivity index (χ0) is 69.2. The van der Waals surface area contributed by atoms with E-state index < -0.39 is 77.9 Å². The average molecular weight is 1340 g/mol. The number of nitrogens with zero attached hydrogens (tertiary/aromatic N) is 5. The van der Waals surface area contributed by atoms with Gasteiger partial charge in [0.1, 0.15) is 42.4 Å². The fraction of sp³-hybridized carbons (Fsp3) is 0.354. The number of primary amides is 2. The zero-order valence-electron chi connectivity index (χ0n) is 53.2. The topological polar surface area (TPSA) is 417 Å². The number of imide groups is 1. The minimum absolute atomic E-state index is 0.00637. The third-order valence-corrected chi connectivity index (χ3v) is 16.0. The van der Waals surface area contributed by atoms with E-state index in [1.165, 1.54) is 23.0 Å². The van der Waals surface area contributed by atoms with Gasteiger partial charge in [0.2, 0.25) is 11.8 Å². The van der Waals surface area contributed by atoms with Gasteiger partial charge in [0, 0.05) is 104 Å². The Kier molecular flexibility index (Phi) is 24.5. The van der Waals surface area contributed by atoms with Crippen LogP contribution in [0.2, 0.25) is 0 Å². The number of halogens is 1. The van der Waals surface area contributed by atoms with Crippen molar-refractivity contribution >= 4 is 122 Å². The number of nitrogens with one attached hydrogen (secondary N) is 7. The molecule has 0 fully saturated rings. The number of benzene rings is 4. The first-order valence-electron chi connectivity index (χ1n) is 30.7. The summed E-state index contributed by atoms with van der Waals surface area (Å²) < 4.78 is 22.4. The second kappa shape index (κ2) is 33.2. The minimum atomic E-state index is -1.17. The predicted molar refractivity (Wildman–Crippen MR) is 355 cm³/mol. The monoisotopic (exact) mass is 1340 g/mol. The number of aryl methyl sites for hydroxylation is 1. The number of nitrogens with two attached hydrogens (primary N) is 3. The van der Waals surface area contributed by atoms with Crippen LogP contribution in [0.25, 0.3) is 21.8 Å². The molecule has 1 unspecified atom stereocenters. The van der Waals surface area contributed by atoms with Crippen LogP contribution < -0.4 is 58.7 Å². The molecular weight excluding hydrogens is 1270 g/mol. The number of aromatic nitrogens is 2. The number of alkyl halides is 1. The number of H-pyrrole nitrogens is 1. The van der Waals surface area contributed by atoms with Gasteiger partial charge in [-0.3, -0.25) is 33.7 Å². The molecule has 13 amide bonds. The Balaban J connectivity index is 0.875. The minimum Gasteiger partial charge on any atom is -0.447 e. The molecule has 13 N–H and O–H groups in total. The fourth-order valence-electron chi connectivity index (χ4n) is 10.6. The first-order chi connectivity index (χ1) is 46.0. The van der Waals surface area contributed by atoms with E-state index in [1.54, 1.807) is 91.5 Å². The molecule has 0 bridgehead atoms. The first-order valence-corrected chi connectivity index (χ1v) is 31.3. The van der Waals surface area contributed by atoms with E-state index in [0.717, 1.165) is 33.6 Å². The number of likely N-dealkylation sites (N-methyl/N-ethyl adjacent to an activating group) is 1.